The van der Waals surface area contributed by atoms with Gasteiger partial charge in [0.05, 0.1) is 26.1 Å². The van der Waals surface area contributed by atoms with Crippen molar-refractivity contribution in [1.82, 2.24) is 15.6 Å². The van der Waals surface area contributed by atoms with E-state index in [1.807, 2.05) is 0 Å². The number of carbonyl (C=O) groups is 2. The van der Waals surface area contributed by atoms with Crippen LogP contribution >= 0.6 is 0 Å². The molecule has 3 N–H and O–H groups in total. The lowest BCUT2D eigenvalue weighted by Crippen LogP contribution is -2.18. The molecule has 3 aromatic rings. The van der Waals surface area contributed by atoms with Crippen LogP contribution in [0.25, 0.3) is 11.3 Å². The standard InChI is InChI=1S/C21H20N4O6/c1-29-18-8-7-13(9-19(18)30-2)15-10-16(24-23-15)21(28)25-22-11-14-5-3-4-6-17(14)31-12-20(26)27/h3-11H,12H2,1-2H3,(H,23,24)(H,25,28)(H,26,27)/b22-11-. The Hall–Kier alpha value is -4.34. The fraction of sp³-hybridized carbons (Fsp3) is 0.143. The lowest BCUT2D eigenvalue weighted by atomic mass is 10.1. The molecule has 1 aromatic heterocycles. The number of aliphatic carboxylic acids is 1. The fourth-order valence-corrected chi connectivity index (χ4v) is 2.66. The molecular formula is C21H20N4O6. The molecule has 0 aliphatic rings. The van der Waals surface area contributed by atoms with Gasteiger partial charge in [-0.25, -0.2) is 10.2 Å². The second-order valence-electron chi connectivity index (χ2n) is 6.16. The molecule has 0 spiro atoms. The van der Waals surface area contributed by atoms with Crippen LogP contribution in [0.4, 0.5) is 0 Å². The molecule has 1 amide bonds. The molecule has 10 nitrogen and oxygen atoms in total. The summed E-state index contributed by atoms with van der Waals surface area (Å²) in [5, 5.41) is 19.5. The molecule has 2 aromatic carbocycles. The topological polar surface area (TPSA) is 135 Å². The number of hydrogen-bond acceptors (Lipinski definition) is 7. The first-order valence-corrected chi connectivity index (χ1v) is 9.06. The highest BCUT2D eigenvalue weighted by molar-refractivity contribution is 5.94. The number of aromatic amines is 1. The van der Waals surface area contributed by atoms with Gasteiger partial charge in [0.2, 0.25) is 0 Å². The van der Waals surface area contributed by atoms with Gasteiger partial charge in [-0.3, -0.25) is 9.89 Å². The summed E-state index contributed by atoms with van der Waals surface area (Å²) in [6, 6.07) is 13.6. The van der Waals surface area contributed by atoms with Crippen molar-refractivity contribution in [3.05, 3.63) is 59.8 Å². The average Bonchev–Trinajstić information content (AvgIpc) is 3.28. The van der Waals surface area contributed by atoms with Gasteiger partial charge >= 0.3 is 5.97 Å². The van der Waals surface area contributed by atoms with Crippen LogP contribution in [0.3, 0.4) is 0 Å². The molecule has 0 unspecified atom stereocenters. The lowest BCUT2D eigenvalue weighted by molar-refractivity contribution is -0.139. The zero-order chi connectivity index (χ0) is 22.2. The monoisotopic (exact) mass is 424 g/mol. The summed E-state index contributed by atoms with van der Waals surface area (Å²) in [6.07, 6.45) is 1.36. The third-order valence-electron chi connectivity index (χ3n) is 4.14. The quantitative estimate of drug-likeness (QED) is 0.354. The predicted octanol–water partition coefficient (Wildman–Crippen LogP) is 2.32. The second-order valence-corrected chi connectivity index (χ2v) is 6.16. The van der Waals surface area contributed by atoms with Crippen molar-refractivity contribution < 1.29 is 28.9 Å². The summed E-state index contributed by atoms with van der Waals surface area (Å²) in [6.45, 7) is -0.482. The van der Waals surface area contributed by atoms with E-state index in [0.29, 0.717) is 28.5 Å². The zero-order valence-corrected chi connectivity index (χ0v) is 16.8. The van der Waals surface area contributed by atoms with Crippen LogP contribution in [0, 0.1) is 0 Å². The molecule has 160 valence electrons. The number of rotatable bonds is 9. The molecular weight excluding hydrogens is 404 g/mol. The fourth-order valence-electron chi connectivity index (χ4n) is 2.66. The number of benzene rings is 2. The van der Waals surface area contributed by atoms with Gasteiger partial charge in [0.25, 0.3) is 5.91 Å². The van der Waals surface area contributed by atoms with Crippen molar-refractivity contribution in [2.75, 3.05) is 20.8 Å². The molecule has 0 saturated carbocycles. The highest BCUT2D eigenvalue weighted by Gasteiger charge is 2.13. The predicted molar refractivity (Wildman–Crippen MR) is 112 cm³/mol. The number of amides is 1. The Morgan fingerprint density at radius 2 is 1.87 bits per heavy atom. The van der Waals surface area contributed by atoms with Gasteiger partial charge in [-0.1, -0.05) is 12.1 Å². The Morgan fingerprint density at radius 1 is 1.10 bits per heavy atom. The number of carboxylic acids is 1. The number of ether oxygens (including phenoxy) is 3. The summed E-state index contributed by atoms with van der Waals surface area (Å²) >= 11 is 0. The van der Waals surface area contributed by atoms with E-state index < -0.39 is 18.5 Å². The van der Waals surface area contributed by atoms with Gasteiger partial charge in [-0.15, -0.1) is 0 Å². The van der Waals surface area contributed by atoms with Gasteiger partial charge < -0.3 is 19.3 Å². The molecule has 0 bridgehead atoms. The molecule has 10 heteroatoms. The lowest BCUT2D eigenvalue weighted by Gasteiger charge is -2.08. The zero-order valence-electron chi connectivity index (χ0n) is 16.8. The number of hydrazone groups is 1. The van der Waals surface area contributed by atoms with Crippen LogP contribution in [0.1, 0.15) is 16.1 Å². The largest absolute Gasteiger partial charge is 0.493 e. The highest BCUT2D eigenvalue weighted by atomic mass is 16.5. The number of methoxy groups -OCH3 is 2. The number of aromatic nitrogens is 2. The van der Waals surface area contributed by atoms with Gasteiger partial charge in [-0.2, -0.15) is 10.2 Å². The number of nitrogens with one attached hydrogen (secondary N) is 2. The molecule has 0 atom stereocenters. The van der Waals surface area contributed by atoms with Crippen LogP contribution in [0.2, 0.25) is 0 Å². The Labute approximate surface area is 177 Å². The van der Waals surface area contributed by atoms with E-state index in [0.717, 1.165) is 5.56 Å². The van der Waals surface area contributed by atoms with E-state index in [4.69, 9.17) is 19.3 Å². The minimum absolute atomic E-state index is 0.206. The van der Waals surface area contributed by atoms with Gasteiger partial charge in [0, 0.05) is 11.1 Å². The SMILES string of the molecule is COc1ccc(-c2cc(C(=O)N/N=C\c3ccccc3OCC(=O)O)[nH]n2)cc1OC. The number of carboxylic acid groups (broad SMARTS) is 1. The minimum atomic E-state index is -1.09. The second kappa shape index (κ2) is 9.92. The molecule has 0 saturated heterocycles. The Kier molecular flexibility index (Phi) is 6.84. The normalized spacial score (nSPS) is 10.6. The van der Waals surface area contributed by atoms with Crippen molar-refractivity contribution in [2.24, 2.45) is 5.10 Å². The molecule has 3 rings (SSSR count). The maximum absolute atomic E-state index is 12.4. The highest BCUT2D eigenvalue weighted by Crippen LogP contribution is 2.31. The third kappa shape index (κ3) is 5.38. The van der Waals surface area contributed by atoms with Crippen LogP contribution < -0.4 is 19.6 Å². The van der Waals surface area contributed by atoms with E-state index in [2.05, 4.69) is 20.7 Å². The summed E-state index contributed by atoms with van der Waals surface area (Å²) < 4.78 is 15.7. The third-order valence-corrected chi connectivity index (χ3v) is 4.14. The van der Waals surface area contributed by atoms with Crippen LogP contribution in [-0.4, -0.2) is 54.2 Å². The summed E-state index contributed by atoms with van der Waals surface area (Å²) in [4.78, 5) is 23.0. The Morgan fingerprint density at radius 3 is 2.61 bits per heavy atom. The van der Waals surface area contributed by atoms with Crippen LogP contribution in [0.5, 0.6) is 17.2 Å². The van der Waals surface area contributed by atoms with Crippen LogP contribution in [-0.2, 0) is 4.79 Å². The van der Waals surface area contributed by atoms with E-state index in [9.17, 15) is 9.59 Å². The van der Waals surface area contributed by atoms with Gasteiger partial charge in [0.15, 0.2) is 18.1 Å². The molecule has 0 radical (unpaired) electrons. The molecule has 31 heavy (non-hydrogen) atoms. The number of H-pyrrole nitrogens is 1. The van der Waals surface area contributed by atoms with Crippen molar-refractivity contribution >= 4 is 18.1 Å². The summed E-state index contributed by atoms with van der Waals surface area (Å²) in [7, 11) is 3.08. The van der Waals surface area contributed by atoms with Gasteiger partial charge in [0.1, 0.15) is 11.4 Å². The van der Waals surface area contributed by atoms with Crippen LogP contribution in [0.15, 0.2) is 53.6 Å². The number of nitrogens with zero attached hydrogens (tertiary/aromatic N) is 2. The number of hydrogen-bond donors (Lipinski definition) is 3. The van der Waals surface area contributed by atoms with E-state index in [-0.39, 0.29) is 5.69 Å². The maximum Gasteiger partial charge on any atom is 0.341 e. The first-order valence-electron chi connectivity index (χ1n) is 9.06. The smallest absolute Gasteiger partial charge is 0.341 e. The van der Waals surface area contributed by atoms with E-state index >= 15 is 0 Å². The first kappa shape index (κ1) is 21.4. The Balaban J connectivity index is 1.68. The summed E-state index contributed by atoms with van der Waals surface area (Å²) in [5.74, 6) is -0.131. The van der Waals surface area contributed by atoms with Gasteiger partial charge in [-0.05, 0) is 36.4 Å². The van der Waals surface area contributed by atoms with Crippen molar-refractivity contribution in [1.29, 1.82) is 0 Å². The molecule has 1 heterocycles. The maximum atomic E-state index is 12.4. The van der Waals surface area contributed by atoms with Crippen molar-refractivity contribution in [3.63, 3.8) is 0 Å². The van der Waals surface area contributed by atoms with E-state index in [1.165, 1.54) is 13.3 Å². The first-order chi connectivity index (χ1) is 15.0. The number of para-hydroxylation sites is 1. The molecule has 0 fully saturated rings. The van der Waals surface area contributed by atoms with E-state index in [1.54, 1.807) is 55.6 Å². The molecule has 0 aliphatic heterocycles. The average molecular weight is 424 g/mol. The summed E-state index contributed by atoms with van der Waals surface area (Å²) in [5.41, 5.74) is 4.39. The van der Waals surface area contributed by atoms with Crippen molar-refractivity contribution in [3.8, 4) is 28.5 Å². The van der Waals surface area contributed by atoms with Crippen molar-refractivity contribution in [2.45, 2.75) is 0 Å². The Bertz CT molecular complexity index is 1110. The molecule has 0 aliphatic carbocycles. The number of carbonyl (C=O) groups excluding carboxylic acids is 1. The minimum Gasteiger partial charge on any atom is -0.493 e.